The molecule has 1 aliphatic heterocycles. The molecule has 2 aromatic carbocycles. The van der Waals surface area contributed by atoms with Crippen LogP contribution in [0.1, 0.15) is 15.9 Å². The smallest absolute Gasteiger partial charge is 0.311 e. The number of methoxy groups -OCH3 is 1. The Bertz CT molecular complexity index is 803. The van der Waals surface area contributed by atoms with Crippen LogP contribution in [0.25, 0.3) is 0 Å². The standard InChI is InChI=1S/C16H14N2O5/c1-23-11-5-6-13-10(9-11)7-8-17(13)16(20)12-3-2-4-14(15(12)19)18(21)22/h2-6,9,19H,7-8H2,1H3. The molecule has 0 atom stereocenters. The molecule has 0 saturated carbocycles. The number of hydrogen-bond donors (Lipinski definition) is 1. The summed E-state index contributed by atoms with van der Waals surface area (Å²) in [4.78, 5) is 24.4. The fourth-order valence-corrected chi connectivity index (χ4v) is 2.71. The number of ether oxygens (including phenoxy) is 1. The van der Waals surface area contributed by atoms with Gasteiger partial charge in [-0.2, -0.15) is 0 Å². The van der Waals surface area contributed by atoms with Crippen LogP contribution in [0.3, 0.4) is 0 Å². The third-order valence-corrected chi connectivity index (χ3v) is 3.87. The molecule has 0 aliphatic carbocycles. The number of nitrogens with zero attached hydrogens (tertiary/aromatic N) is 2. The van der Waals surface area contributed by atoms with Crippen molar-refractivity contribution in [3.8, 4) is 11.5 Å². The van der Waals surface area contributed by atoms with E-state index in [1.165, 1.54) is 17.0 Å². The van der Waals surface area contributed by atoms with E-state index in [1.54, 1.807) is 19.2 Å². The summed E-state index contributed by atoms with van der Waals surface area (Å²) in [6.45, 7) is 0.448. The molecule has 1 aliphatic rings. The maximum absolute atomic E-state index is 12.7. The number of benzene rings is 2. The number of nitro groups is 1. The number of phenolic OH excluding ortho intramolecular Hbond substituents is 1. The van der Waals surface area contributed by atoms with E-state index in [-0.39, 0.29) is 5.56 Å². The average Bonchev–Trinajstić information content (AvgIpc) is 2.97. The zero-order valence-corrected chi connectivity index (χ0v) is 12.4. The molecule has 7 nitrogen and oxygen atoms in total. The highest BCUT2D eigenvalue weighted by Gasteiger charge is 2.29. The lowest BCUT2D eigenvalue weighted by Gasteiger charge is -2.18. The number of aromatic hydroxyl groups is 1. The van der Waals surface area contributed by atoms with E-state index in [9.17, 15) is 20.0 Å². The van der Waals surface area contributed by atoms with Crippen LogP contribution in [-0.2, 0) is 6.42 Å². The average molecular weight is 314 g/mol. The Morgan fingerprint density at radius 3 is 2.83 bits per heavy atom. The van der Waals surface area contributed by atoms with E-state index in [0.717, 1.165) is 17.3 Å². The minimum absolute atomic E-state index is 0.0807. The van der Waals surface area contributed by atoms with E-state index in [4.69, 9.17) is 4.74 Å². The summed E-state index contributed by atoms with van der Waals surface area (Å²) in [6, 6.07) is 9.30. The Morgan fingerprint density at radius 2 is 2.13 bits per heavy atom. The van der Waals surface area contributed by atoms with Crippen molar-refractivity contribution < 1.29 is 19.6 Å². The molecule has 0 saturated heterocycles. The second kappa shape index (κ2) is 5.60. The predicted octanol–water partition coefficient (Wildman–Crippen LogP) is 2.51. The highest BCUT2D eigenvalue weighted by Crippen LogP contribution is 2.35. The summed E-state index contributed by atoms with van der Waals surface area (Å²) in [7, 11) is 1.57. The van der Waals surface area contributed by atoms with Crippen molar-refractivity contribution in [3.63, 3.8) is 0 Å². The summed E-state index contributed by atoms with van der Waals surface area (Å²) in [5, 5.41) is 20.9. The van der Waals surface area contributed by atoms with E-state index < -0.39 is 22.3 Å². The van der Waals surface area contributed by atoms with Crippen LogP contribution in [-0.4, -0.2) is 29.6 Å². The van der Waals surface area contributed by atoms with Gasteiger partial charge in [0.25, 0.3) is 5.91 Å². The molecule has 0 spiro atoms. The molecule has 0 unspecified atom stereocenters. The lowest BCUT2D eigenvalue weighted by molar-refractivity contribution is -0.385. The second-order valence-electron chi connectivity index (χ2n) is 5.13. The lowest BCUT2D eigenvalue weighted by Crippen LogP contribution is -2.29. The van der Waals surface area contributed by atoms with Crippen molar-refractivity contribution in [3.05, 3.63) is 57.6 Å². The highest BCUT2D eigenvalue weighted by atomic mass is 16.6. The zero-order chi connectivity index (χ0) is 16.6. The molecule has 23 heavy (non-hydrogen) atoms. The summed E-state index contributed by atoms with van der Waals surface area (Å²) in [5.74, 6) is -0.365. The van der Waals surface area contributed by atoms with Crippen molar-refractivity contribution >= 4 is 17.3 Å². The summed E-state index contributed by atoms with van der Waals surface area (Å²) < 4.78 is 5.16. The molecule has 118 valence electrons. The molecule has 2 aromatic rings. The van der Waals surface area contributed by atoms with Gasteiger partial charge in [0, 0.05) is 18.3 Å². The molecule has 1 amide bonds. The second-order valence-corrected chi connectivity index (χ2v) is 5.13. The fourth-order valence-electron chi connectivity index (χ4n) is 2.71. The molecule has 0 aromatic heterocycles. The minimum Gasteiger partial charge on any atom is -0.502 e. The van der Waals surface area contributed by atoms with Crippen LogP contribution in [0.4, 0.5) is 11.4 Å². The first kappa shape index (κ1) is 14.8. The van der Waals surface area contributed by atoms with Crippen LogP contribution >= 0.6 is 0 Å². The largest absolute Gasteiger partial charge is 0.502 e. The van der Waals surface area contributed by atoms with Crippen molar-refractivity contribution in [2.75, 3.05) is 18.6 Å². The first-order valence-electron chi connectivity index (χ1n) is 6.98. The van der Waals surface area contributed by atoms with Crippen LogP contribution in [0, 0.1) is 10.1 Å². The number of amides is 1. The Balaban J connectivity index is 1.98. The third-order valence-electron chi connectivity index (χ3n) is 3.87. The predicted molar refractivity (Wildman–Crippen MR) is 83.1 cm³/mol. The number of hydrogen-bond acceptors (Lipinski definition) is 5. The number of carbonyl (C=O) groups is 1. The molecule has 1 N–H and O–H groups in total. The van der Waals surface area contributed by atoms with Gasteiger partial charge in [-0.1, -0.05) is 6.07 Å². The van der Waals surface area contributed by atoms with Crippen molar-refractivity contribution in [2.45, 2.75) is 6.42 Å². The Labute approximate surface area is 131 Å². The van der Waals surface area contributed by atoms with Crippen LogP contribution in [0.5, 0.6) is 11.5 Å². The van der Waals surface area contributed by atoms with Gasteiger partial charge in [0.1, 0.15) is 5.75 Å². The van der Waals surface area contributed by atoms with Crippen molar-refractivity contribution in [1.29, 1.82) is 0 Å². The summed E-state index contributed by atoms with van der Waals surface area (Å²) >= 11 is 0. The molecule has 0 bridgehead atoms. The maximum atomic E-state index is 12.7. The zero-order valence-electron chi connectivity index (χ0n) is 12.4. The summed E-state index contributed by atoms with van der Waals surface area (Å²) in [6.07, 6.45) is 0.661. The van der Waals surface area contributed by atoms with E-state index in [2.05, 4.69) is 0 Å². The highest BCUT2D eigenvalue weighted by molar-refractivity contribution is 6.09. The van der Waals surface area contributed by atoms with Crippen molar-refractivity contribution in [2.24, 2.45) is 0 Å². The molecule has 7 heteroatoms. The molecule has 1 heterocycles. The van der Waals surface area contributed by atoms with Crippen LogP contribution < -0.4 is 9.64 Å². The molecular weight excluding hydrogens is 300 g/mol. The topological polar surface area (TPSA) is 92.9 Å². The van der Waals surface area contributed by atoms with Crippen LogP contribution in [0.15, 0.2) is 36.4 Å². The maximum Gasteiger partial charge on any atom is 0.311 e. The lowest BCUT2D eigenvalue weighted by atomic mass is 10.1. The Kier molecular flexibility index (Phi) is 3.61. The van der Waals surface area contributed by atoms with Gasteiger partial charge in [-0.05, 0) is 36.2 Å². The van der Waals surface area contributed by atoms with Gasteiger partial charge < -0.3 is 14.7 Å². The van der Waals surface area contributed by atoms with Gasteiger partial charge in [-0.25, -0.2) is 0 Å². The Hall–Kier alpha value is -3.09. The third kappa shape index (κ3) is 2.46. The molecule has 3 rings (SSSR count). The number of para-hydroxylation sites is 1. The number of nitro benzene ring substituents is 1. The van der Waals surface area contributed by atoms with Crippen LogP contribution in [0.2, 0.25) is 0 Å². The fraction of sp³-hybridized carbons (Fsp3) is 0.188. The Morgan fingerprint density at radius 1 is 1.35 bits per heavy atom. The number of anilines is 1. The van der Waals surface area contributed by atoms with E-state index >= 15 is 0 Å². The van der Waals surface area contributed by atoms with E-state index in [0.29, 0.717) is 18.7 Å². The first-order chi connectivity index (χ1) is 11.0. The SMILES string of the molecule is COc1ccc2c(c1)CCN2C(=O)c1cccc([N+](=O)[O-])c1O. The van der Waals surface area contributed by atoms with Gasteiger partial charge in [0.05, 0.1) is 17.6 Å². The molecule has 0 radical (unpaired) electrons. The van der Waals surface area contributed by atoms with Gasteiger partial charge in [0.15, 0.2) is 0 Å². The van der Waals surface area contributed by atoms with Gasteiger partial charge in [-0.15, -0.1) is 0 Å². The first-order valence-corrected chi connectivity index (χ1v) is 6.98. The molecular formula is C16H14N2O5. The summed E-state index contributed by atoms with van der Waals surface area (Å²) in [5.41, 5.74) is 1.12. The number of carbonyl (C=O) groups excluding carboxylic acids is 1. The number of rotatable bonds is 3. The van der Waals surface area contributed by atoms with Gasteiger partial charge in [0.2, 0.25) is 5.75 Å². The number of phenols is 1. The monoisotopic (exact) mass is 314 g/mol. The minimum atomic E-state index is -0.713. The molecule has 0 fully saturated rings. The quantitative estimate of drug-likeness (QED) is 0.694. The van der Waals surface area contributed by atoms with Crippen molar-refractivity contribution in [1.82, 2.24) is 0 Å². The van der Waals surface area contributed by atoms with Gasteiger partial charge >= 0.3 is 5.69 Å². The number of fused-ring (bicyclic) bond motifs is 1. The van der Waals surface area contributed by atoms with Gasteiger partial charge in [-0.3, -0.25) is 14.9 Å². The normalized spacial score (nSPS) is 12.8. The van der Waals surface area contributed by atoms with E-state index in [1.807, 2.05) is 6.07 Å².